The minimum Gasteiger partial charge on any atom is -0.208 e. The van der Waals surface area contributed by atoms with Crippen LogP contribution in [0.5, 0.6) is 0 Å². The van der Waals surface area contributed by atoms with E-state index in [0.29, 0.717) is 27.9 Å². The van der Waals surface area contributed by atoms with Gasteiger partial charge in [-0.2, -0.15) is 0 Å². The van der Waals surface area contributed by atoms with E-state index in [9.17, 15) is 0 Å². The second-order valence-corrected chi connectivity index (χ2v) is 11.4. The maximum Gasteiger partial charge on any atom is 0.164 e. The summed E-state index contributed by atoms with van der Waals surface area (Å²) >= 11 is 6.28. The lowest BCUT2D eigenvalue weighted by atomic mass is 9.48. The van der Waals surface area contributed by atoms with E-state index in [1.807, 2.05) is 54.6 Å². The van der Waals surface area contributed by atoms with Crippen molar-refractivity contribution in [2.75, 3.05) is 0 Å². The topological polar surface area (TPSA) is 38.7 Å². The van der Waals surface area contributed by atoms with Gasteiger partial charge in [-0.15, -0.1) is 0 Å². The molecule has 0 unspecified atom stereocenters. The SMILES string of the molecule is Clc1cccc(-c2nc(-c3ccccc3)nc(-c3ccc(C45CC6CC(CC(C6)C4)C5)cc3)n2)c1. The summed E-state index contributed by atoms with van der Waals surface area (Å²) in [6.07, 6.45) is 8.54. The van der Waals surface area contributed by atoms with Crippen LogP contribution in [0.15, 0.2) is 78.9 Å². The highest BCUT2D eigenvalue weighted by Gasteiger charge is 2.51. The zero-order valence-electron chi connectivity index (χ0n) is 19.7. The van der Waals surface area contributed by atoms with Gasteiger partial charge in [-0.3, -0.25) is 0 Å². The van der Waals surface area contributed by atoms with Gasteiger partial charge in [0.2, 0.25) is 0 Å². The average molecular weight is 478 g/mol. The van der Waals surface area contributed by atoms with E-state index in [-0.39, 0.29) is 0 Å². The number of rotatable bonds is 4. The number of halogens is 1. The van der Waals surface area contributed by atoms with E-state index in [0.717, 1.165) is 34.4 Å². The Morgan fingerprint density at radius 2 is 1.09 bits per heavy atom. The third-order valence-corrected chi connectivity index (χ3v) is 8.78. The predicted octanol–water partition coefficient (Wildman–Crippen LogP) is 7.99. The molecule has 1 heterocycles. The van der Waals surface area contributed by atoms with Crippen molar-refractivity contribution in [2.24, 2.45) is 17.8 Å². The molecule has 4 aromatic rings. The lowest BCUT2D eigenvalue weighted by molar-refractivity contribution is -0.00518. The van der Waals surface area contributed by atoms with Gasteiger partial charge >= 0.3 is 0 Å². The number of aromatic nitrogens is 3. The van der Waals surface area contributed by atoms with Crippen LogP contribution in [0.2, 0.25) is 5.02 Å². The van der Waals surface area contributed by atoms with E-state index >= 15 is 0 Å². The molecule has 4 saturated carbocycles. The fourth-order valence-corrected chi connectivity index (χ4v) is 7.61. The van der Waals surface area contributed by atoms with Crippen molar-refractivity contribution in [3.05, 3.63) is 89.4 Å². The fraction of sp³-hybridized carbons (Fsp3) is 0.323. The van der Waals surface area contributed by atoms with Gasteiger partial charge in [-0.25, -0.2) is 15.0 Å². The highest BCUT2D eigenvalue weighted by Crippen LogP contribution is 2.60. The van der Waals surface area contributed by atoms with Crippen LogP contribution in [0.1, 0.15) is 44.1 Å². The maximum absolute atomic E-state index is 6.28. The third-order valence-electron chi connectivity index (χ3n) is 8.54. The molecule has 0 saturated heterocycles. The molecule has 8 rings (SSSR count). The molecule has 4 bridgehead atoms. The van der Waals surface area contributed by atoms with Gasteiger partial charge in [0.15, 0.2) is 17.5 Å². The van der Waals surface area contributed by atoms with Crippen molar-refractivity contribution in [3.8, 4) is 34.2 Å². The van der Waals surface area contributed by atoms with Crippen LogP contribution in [-0.4, -0.2) is 15.0 Å². The zero-order chi connectivity index (χ0) is 23.4. The van der Waals surface area contributed by atoms with Gasteiger partial charge in [0.25, 0.3) is 0 Å². The van der Waals surface area contributed by atoms with E-state index < -0.39 is 0 Å². The molecule has 0 aliphatic heterocycles. The summed E-state index contributed by atoms with van der Waals surface area (Å²) in [5.74, 6) is 4.84. The standard InChI is InChI=1S/C31H28ClN3/c32-27-8-4-7-25(16-27)30-34-28(23-5-2-1-3-6-23)33-29(35-30)24-9-11-26(12-10-24)31-17-20-13-21(18-31)15-22(14-20)19-31/h1-12,16,20-22H,13-15,17-19H2. The van der Waals surface area contributed by atoms with E-state index in [2.05, 4.69) is 24.3 Å². The Hall–Kier alpha value is -3.04. The van der Waals surface area contributed by atoms with Crippen LogP contribution < -0.4 is 0 Å². The molecule has 3 aromatic carbocycles. The molecule has 174 valence electrons. The Morgan fingerprint density at radius 3 is 1.66 bits per heavy atom. The molecule has 4 aliphatic carbocycles. The molecule has 4 fully saturated rings. The molecule has 4 heteroatoms. The second-order valence-electron chi connectivity index (χ2n) is 11.0. The van der Waals surface area contributed by atoms with Gasteiger partial charge < -0.3 is 0 Å². The first-order chi connectivity index (χ1) is 17.1. The van der Waals surface area contributed by atoms with Gasteiger partial charge in [-0.1, -0.05) is 78.3 Å². The number of hydrogen-bond donors (Lipinski definition) is 0. The third kappa shape index (κ3) is 3.87. The van der Waals surface area contributed by atoms with Gasteiger partial charge in [0.1, 0.15) is 0 Å². The largest absolute Gasteiger partial charge is 0.208 e. The van der Waals surface area contributed by atoms with E-state index in [1.165, 1.54) is 44.1 Å². The van der Waals surface area contributed by atoms with Gasteiger partial charge in [-0.05, 0) is 79.4 Å². The lowest BCUT2D eigenvalue weighted by Crippen LogP contribution is -2.48. The fourth-order valence-electron chi connectivity index (χ4n) is 7.42. The Labute approximate surface area is 211 Å². The maximum atomic E-state index is 6.28. The molecule has 0 radical (unpaired) electrons. The van der Waals surface area contributed by atoms with Crippen LogP contribution in [0.25, 0.3) is 34.2 Å². The van der Waals surface area contributed by atoms with Crippen molar-refractivity contribution >= 4 is 11.6 Å². The Bertz CT molecular complexity index is 1340. The number of nitrogens with zero attached hydrogens (tertiary/aromatic N) is 3. The quantitative estimate of drug-likeness (QED) is 0.299. The molecule has 0 N–H and O–H groups in total. The van der Waals surface area contributed by atoms with Crippen LogP contribution in [0, 0.1) is 17.8 Å². The lowest BCUT2D eigenvalue weighted by Gasteiger charge is -2.57. The number of hydrogen-bond acceptors (Lipinski definition) is 3. The molecule has 4 aliphatic rings. The highest BCUT2D eigenvalue weighted by molar-refractivity contribution is 6.30. The molecule has 35 heavy (non-hydrogen) atoms. The normalized spacial score (nSPS) is 26.7. The molecular weight excluding hydrogens is 450 g/mol. The van der Waals surface area contributed by atoms with E-state index in [1.54, 1.807) is 0 Å². The highest BCUT2D eigenvalue weighted by atomic mass is 35.5. The Balaban J connectivity index is 1.28. The molecule has 1 aromatic heterocycles. The van der Waals surface area contributed by atoms with Crippen molar-refractivity contribution in [3.63, 3.8) is 0 Å². The van der Waals surface area contributed by atoms with Gasteiger partial charge in [0.05, 0.1) is 0 Å². The van der Waals surface area contributed by atoms with Crippen LogP contribution in [-0.2, 0) is 5.41 Å². The van der Waals surface area contributed by atoms with Crippen LogP contribution in [0.3, 0.4) is 0 Å². The molecular formula is C31H28ClN3. The monoisotopic (exact) mass is 477 g/mol. The van der Waals surface area contributed by atoms with Crippen molar-refractivity contribution in [1.29, 1.82) is 0 Å². The minimum atomic E-state index is 0.396. The summed E-state index contributed by atoms with van der Waals surface area (Å²) in [5, 5.41) is 0.672. The molecule has 0 amide bonds. The summed E-state index contributed by atoms with van der Waals surface area (Å²) in [6.45, 7) is 0. The first-order valence-electron chi connectivity index (χ1n) is 12.8. The van der Waals surface area contributed by atoms with Gasteiger partial charge in [0, 0.05) is 21.7 Å². The summed E-state index contributed by atoms with van der Waals surface area (Å²) < 4.78 is 0. The van der Waals surface area contributed by atoms with Crippen molar-refractivity contribution in [1.82, 2.24) is 15.0 Å². The summed E-state index contributed by atoms with van der Waals surface area (Å²) in [4.78, 5) is 14.6. The second kappa shape index (κ2) is 8.27. The molecule has 0 spiro atoms. The smallest absolute Gasteiger partial charge is 0.164 e. The minimum absolute atomic E-state index is 0.396. The average Bonchev–Trinajstić information content (AvgIpc) is 2.88. The zero-order valence-corrected chi connectivity index (χ0v) is 20.5. The van der Waals surface area contributed by atoms with E-state index in [4.69, 9.17) is 26.6 Å². The molecule has 3 nitrogen and oxygen atoms in total. The summed E-state index contributed by atoms with van der Waals surface area (Å²) in [7, 11) is 0. The van der Waals surface area contributed by atoms with Crippen molar-refractivity contribution < 1.29 is 0 Å². The van der Waals surface area contributed by atoms with Crippen molar-refractivity contribution in [2.45, 2.75) is 43.9 Å². The number of benzene rings is 3. The first-order valence-corrected chi connectivity index (χ1v) is 13.2. The predicted molar refractivity (Wildman–Crippen MR) is 141 cm³/mol. The summed E-state index contributed by atoms with van der Waals surface area (Å²) in [6, 6.07) is 27.0. The Morgan fingerprint density at radius 1 is 0.571 bits per heavy atom. The van der Waals surface area contributed by atoms with Crippen LogP contribution in [0.4, 0.5) is 0 Å². The Kier molecular flexibility index (Phi) is 5.02. The van der Waals surface area contributed by atoms with Crippen LogP contribution >= 0.6 is 11.6 Å². The summed E-state index contributed by atoms with van der Waals surface area (Å²) in [5.41, 5.74) is 4.82. The molecule has 0 atom stereocenters. The first kappa shape index (κ1) is 21.3.